The topological polar surface area (TPSA) is 58.2 Å². The average Bonchev–Trinajstić information content (AvgIpc) is 3.06. The minimum absolute atomic E-state index is 0.00148. The lowest BCUT2D eigenvalue weighted by molar-refractivity contribution is -0.00710. The normalized spacial score (nSPS) is 30.0. The molecule has 20 heavy (non-hydrogen) atoms. The minimum atomic E-state index is -0.00148. The quantitative estimate of drug-likeness (QED) is 0.897. The molecule has 1 aliphatic carbocycles. The number of aromatic amines is 1. The van der Waals surface area contributed by atoms with E-state index in [1.54, 1.807) is 0 Å². The van der Waals surface area contributed by atoms with Crippen LogP contribution in [0.5, 0.6) is 0 Å². The number of carbonyl (C=O) groups is 1. The Bertz CT molecular complexity index is 543. The van der Waals surface area contributed by atoms with E-state index in [1.807, 2.05) is 18.7 Å². The van der Waals surface area contributed by atoms with Gasteiger partial charge in [0.2, 0.25) is 0 Å². The lowest BCUT2D eigenvalue weighted by Gasteiger charge is -2.39. The zero-order valence-corrected chi connectivity index (χ0v) is 12.1. The first-order valence-electron chi connectivity index (χ1n) is 7.65. The molecular weight excluding hydrogens is 254 g/mol. The van der Waals surface area contributed by atoms with Crippen LogP contribution in [0.25, 0.3) is 0 Å². The number of rotatable bonds is 2. The first kappa shape index (κ1) is 12.4. The van der Waals surface area contributed by atoms with E-state index in [0.717, 1.165) is 42.6 Å². The highest BCUT2D eigenvalue weighted by Crippen LogP contribution is 2.42. The van der Waals surface area contributed by atoms with Gasteiger partial charge in [-0.3, -0.25) is 9.89 Å². The third kappa shape index (κ3) is 1.87. The molecule has 3 aliphatic rings. The molecule has 0 bridgehead atoms. The zero-order valence-electron chi connectivity index (χ0n) is 12.1. The molecule has 2 atom stereocenters. The van der Waals surface area contributed by atoms with Crippen molar-refractivity contribution in [1.82, 2.24) is 15.1 Å². The monoisotopic (exact) mass is 275 g/mol. The van der Waals surface area contributed by atoms with E-state index in [1.165, 1.54) is 12.8 Å². The number of amides is 1. The van der Waals surface area contributed by atoms with Gasteiger partial charge < -0.3 is 9.64 Å². The Hall–Kier alpha value is -1.36. The molecule has 5 nitrogen and oxygen atoms in total. The van der Waals surface area contributed by atoms with Crippen LogP contribution >= 0.6 is 0 Å². The second kappa shape index (κ2) is 4.32. The van der Waals surface area contributed by atoms with Crippen LogP contribution in [-0.2, 0) is 11.2 Å². The number of nitrogens with one attached hydrogen (secondary N) is 1. The molecule has 5 heteroatoms. The van der Waals surface area contributed by atoms with E-state index in [9.17, 15) is 4.79 Å². The van der Waals surface area contributed by atoms with Crippen LogP contribution in [0.3, 0.4) is 0 Å². The first-order valence-corrected chi connectivity index (χ1v) is 7.65. The summed E-state index contributed by atoms with van der Waals surface area (Å²) < 4.78 is 5.77. The summed E-state index contributed by atoms with van der Waals surface area (Å²) in [5.41, 5.74) is 2.66. The van der Waals surface area contributed by atoms with Gasteiger partial charge in [-0.1, -0.05) is 0 Å². The third-order valence-corrected chi connectivity index (χ3v) is 4.92. The summed E-state index contributed by atoms with van der Waals surface area (Å²) in [4.78, 5) is 14.5. The van der Waals surface area contributed by atoms with Crippen molar-refractivity contribution in [3.63, 3.8) is 0 Å². The largest absolute Gasteiger partial charge is 0.369 e. The zero-order chi connectivity index (χ0) is 13.9. The van der Waals surface area contributed by atoms with Gasteiger partial charge in [0.1, 0.15) is 0 Å². The van der Waals surface area contributed by atoms with E-state index < -0.39 is 0 Å². The van der Waals surface area contributed by atoms with Crippen molar-refractivity contribution in [3.8, 4) is 0 Å². The average molecular weight is 275 g/mol. The lowest BCUT2D eigenvalue weighted by Crippen LogP contribution is -2.51. The molecular formula is C15H21N3O2. The second-order valence-corrected chi connectivity index (χ2v) is 6.57. The van der Waals surface area contributed by atoms with Crippen molar-refractivity contribution in [2.75, 3.05) is 13.1 Å². The van der Waals surface area contributed by atoms with Gasteiger partial charge in [-0.25, -0.2) is 0 Å². The van der Waals surface area contributed by atoms with E-state index in [-0.39, 0.29) is 18.1 Å². The fraction of sp³-hybridized carbons (Fsp3) is 0.733. The summed E-state index contributed by atoms with van der Waals surface area (Å²) in [6.45, 7) is 5.90. The molecule has 1 saturated carbocycles. The predicted octanol–water partition coefficient (Wildman–Crippen LogP) is 1.91. The summed E-state index contributed by atoms with van der Waals surface area (Å²) in [5.74, 6) is 1.73. The molecule has 1 amide bonds. The molecule has 3 heterocycles. The molecule has 1 aromatic rings. The molecule has 0 radical (unpaired) electrons. The maximum atomic E-state index is 12.6. The van der Waals surface area contributed by atoms with Gasteiger partial charge in [-0.15, -0.1) is 0 Å². The number of fused-ring (bicyclic) bond motifs is 1. The summed E-state index contributed by atoms with van der Waals surface area (Å²) >= 11 is 0. The number of likely N-dealkylation sites (tertiary alicyclic amines) is 1. The molecule has 0 aromatic carbocycles. The Morgan fingerprint density at radius 3 is 2.75 bits per heavy atom. The van der Waals surface area contributed by atoms with Crippen LogP contribution in [0.4, 0.5) is 0 Å². The third-order valence-electron chi connectivity index (χ3n) is 4.92. The van der Waals surface area contributed by atoms with Gasteiger partial charge in [-0.2, -0.15) is 5.10 Å². The van der Waals surface area contributed by atoms with E-state index in [0.29, 0.717) is 5.69 Å². The molecule has 0 unspecified atom stereocenters. The maximum absolute atomic E-state index is 12.6. The second-order valence-electron chi connectivity index (χ2n) is 6.57. The molecule has 1 aromatic heterocycles. The van der Waals surface area contributed by atoms with Gasteiger partial charge >= 0.3 is 0 Å². The summed E-state index contributed by atoms with van der Waals surface area (Å²) in [7, 11) is 0. The van der Waals surface area contributed by atoms with Crippen molar-refractivity contribution in [2.24, 2.45) is 11.8 Å². The Morgan fingerprint density at radius 2 is 2.05 bits per heavy atom. The number of aromatic nitrogens is 2. The molecule has 1 N–H and O–H groups in total. The molecule has 4 rings (SSSR count). The number of H-pyrrole nitrogens is 1. The Morgan fingerprint density at radius 1 is 1.30 bits per heavy atom. The SMILES string of the molecule is C[C@@H]1Cc2c(C(=O)N3CC(C4CC4)C3)n[nH]c2[C@H](C)O1. The van der Waals surface area contributed by atoms with Gasteiger partial charge in [0.15, 0.2) is 5.69 Å². The highest BCUT2D eigenvalue weighted by molar-refractivity contribution is 5.94. The summed E-state index contributed by atoms with van der Waals surface area (Å²) in [6.07, 6.45) is 3.64. The van der Waals surface area contributed by atoms with Crippen molar-refractivity contribution in [3.05, 3.63) is 17.0 Å². The molecule has 2 fully saturated rings. The minimum Gasteiger partial charge on any atom is -0.369 e. The highest BCUT2D eigenvalue weighted by atomic mass is 16.5. The van der Waals surface area contributed by atoms with Crippen LogP contribution in [0.1, 0.15) is 54.5 Å². The smallest absolute Gasteiger partial charge is 0.274 e. The summed E-state index contributed by atoms with van der Waals surface area (Å²) in [6, 6.07) is 0. The van der Waals surface area contributed by atoms with Crippen LogP contribution in [0, 0.1) is 11.8 Å². The van der Waals surface area contributed by atoms with E-state index >= 15 is 0 Å². The van der Waals surface area contributed by atoms with Gasteiger partial charge in [-0.05, 0) is 38.5 Å². The number of hydrogen-bond acceptors (Lipinski definition) is 3. The van der Waals surface area contributed by atoms with E-state index in [2.05, 4.69) is 10.2 Å². The van der Waals surface area contributed by atoms with Crippen LogP contribution < -0.4 is 0 Å². The highest BCUT2D eigenvalue weighted by Gasteiger charge is 2.42. The van der Waals surface area contributed by atoms with Crippen molar-refractivity contribution in [2.45, 2.75) is 45.3 Å². The first-order chi connectivity index (χ1) is 9.63. The van der Waals surface area contributed by atoms with Crippen LogP contribution in [-0.4, -0.2) is 40.2 Å². The summed E-state index contributed by atoms with van der Waals surface area (Å²) in [5, 5.41) is 7.28. The molecule has 1 saturated heterocycles. The van der Waals surface area contributed by atoms with Gasteiger partial charge in [0.05, 0.1) is 17.9 Å². The Kier molecular flexibility index (Phi) is 2.67. The fourth-order valence-electron chi connectivity index (χ4n) is 3.54. The molecule has 108 valence electrons. The number of carbonyl (C=O) groups excluding carboxylic acids is 1. The predicted molar refractivity (Wildman–Crippen MR) is 73.4 cm³/mol. The number of ether oxygens (including phenoxy) is 1. The molecule has 0 spiro atoms. The van der Waals surface area contributed by atoms with Crippen molar-refractivity contribution < 1.29 is 9.53 Å². The fourth-order valence-corrected chi connectivity index (χ4v) is 3.54. The molecule has 2 aliphatic heterocycles. The van der Waals surface area contributed by atoms with Gasteiger partial charge in [0.25, 0.3) is 5.91 Å². The van der Waals surface area contributed by atoms with Crippen LogP contribution in [0.15, 0.2) is 0 Å². The Labute approximate surface area is 118 Å². The lowest BCUT2D eigenvalue weighted by atomic mass is 9.93. The number of nitrogens with zero attached hydrogens (tertiary/aromatic N) is 2. The van der Waals surface area contributed by atoms with Crippen molar-refractivity contribution in [1.29, 1.82) is 0 Å². The van der Waals surface area contributed by atoms with Crippen LogP contribution in [0.2, 0.25) is 0 Å². The standard InChI is InChI=1S/C15H21N3O2/c1-8-5-12-13(9(2)20-8)16-17-14(12)15(19)18-6-11(7-18)10-3-4-10/h8-11H,3-7H2,1-2H3,(H,16,17)/t8-,9+/m1/s1. The maximum Gasteiger partial charge on any atom is 0.274 e. The van der Waals surface area contributed by atoms with Crippen molar-refractivity contribution >= 4 is 5.91 Å². The Balaban J connectivity index is 1.52. The van der Waals surface area contributed by atoms with E-state index in [4.69, 9.17) is 4.74 Å². The van der Waals surface area contributed by atoms with Gasteiger partial charge in [0, 0.05) is 25.1 Å². The number of hydrogen-bond donors (Lipinski definition) is 1.